The zero-order chi connectivity index (χ0) is 15.5. The van der Waals surface area contributed by atoms with Gasteiger partial charge in [-0.2, -0.15) is 0 Å². The van der Waals surface area contributed by atoms with Crippen molar-refractivity contribution in [1.82, 2.24) is 4.72 Å². The van der Waals surface area contributed by atoms with Gasteiger partial charge in [-0.25, -0.2) is 13.1 Å². The minimum atomic E-state index is -3.58. The maximum Gasteiger partial charge on any atom is 0.244 e. The maximum absolute atomic E-state index is 12.5. The Hall–Kier alpha value is -1.27. The van der Waals surface area contributed by atoms with E-state index in [0.29, 0.717) is 17.4 Å². The summed E-state index contributed by atoms with van der Waals surface area (Å²) in [7, 11) is -0.589. The monoisotopic (exact) mass is 313 g/mol. The van der Waals surface area contributed by atoms with E-state index in [-0.39, 0.29) is 10.9 Å². The summed E-state index contributed by atoms with van der Waals surface area (Å²) in [6.45, 7) is 2.21. The summed E-state index contributed by atoms with van der Waals surface area (Å²) in [5.41, 5.74) is 0. The fraction of sp³-hybridized carbons (Fsp3) is 0.600. The number of hydrogen-bond donors (Lipinski definition) is 1. The first kappa shape index (κ1) is 16.1. The fourth-order valence-electron chi connectivity index (χ4n) is 2.66. The predicted octanol–water partition coefficient (Wildman–Crippen LogP) is 2.56. The summed E-state index contributed by atoms with van der Waals surface area (Å²) in [5.74, 6) is 1.55. The number of hydrogen-bond acceptors (Lipinski definition) is 4. The molecule has 1 fully saturated rings. The molecule has 2 rings (SSSR count). The van der Waals surface area contributed by atoms with E-state index in [9.17, 15) is 8.42 Å². The molecule has 118 valence electrons. The van der Waals surface area contributed by atoms with E-state index in [1.165, 1.54) is 20.3 Å². The molecule has 0 aliphatic heterocycles. The minimum absolute atomic E-state index is 0.0120. The molecule has 1 aromatic carbocycles. The van der Waals surface area contributed by atoms with Gasteiger partial charge in [0.05, 0.1) is 14.2 Å². The van der Waals surface area contributed by atoms with Crippen LogP contribution in [0.25, 0.3) is 0 Å². The molecule has 0 saturated heterocycles. The normalized spacial score (nSPS) is 22.8. The number of ether oxygens (including phenoxy) is 2. The lowest BCUT2D eigenvalue weighted by atomic mass is 9.88. The quantitative estimate of drug-likeness (QED) is 0.907. The van der Waals surface area contributed by atoms with E-state index in [4.69, 9.17) is 9.47 Å². The van der Waals surface area contributed by atoms with Gasteiger partial charge in [0.2, 0.25) is 10.0 Å². The van der Waals surface area contributed by atoms with E-state index < -0.39 is 10.0 Å². The first-order valence-corrected chi connectivity index (χ1v) is 8.69. The molecule has 0 unspecified atom stereocenters. The Kier molecular flexibility index (Phi) is 5.11. The van der Waals surface area contributed by atoms with Gasteiger partial charge in [-0.15, -0.1) is 0 Å². The van der Waals surface area contributed by atoms with Crippen LogP contribution in [0.2, 0.25) is 0 Å². The highest BCUT2D eigenvalue weighted by Crippen LogP contribution is 2.30. The lowest BCUT2D eigenvalue weighted by molar-refractivity contribution is 0.331. The van der Waals surface area contributed by atoms with Crippen molar-refractivity contribution in [3.05, 3.63) is 18.2 Å². The minimum Gasteiger partial charge on any atom is -0.497 e. The summed E-state index contributed by atoms with van der Waals surface area (Å²) >= 11 is 0. The first-order chi connectivity index (χ1) is 9.96. The SMILES string of the molecule is COc1ccc(S(=O)(=O)NC2CCC(C)CC2)c(OC)c1. The molecule has 1 N–H and O–H groups in total. The van der Waals surface area contributed by atoms with Gasteiger partial charge in [-0.1, -0.05) is 6.92 Å². The lowest BCUT2D eigenvalue weighted by Crippen LogP contribution is -2.37. The van der Waals surface area contributed by atoms with Crippen LogP contribution in [-0.2, 0) is 10.0 Å². The van der Waals surface area contributed by atoms with Crippen LogP contribution in [-0.4, -0.2) is 28.7 Å². The van der Waals surface area contributed by atoms with Gasteiger partial charge in [-0.05, 0) is 43.7 Å². The van der Waals surface area contributed by atoms with Crippen LogP contribution in [0.1, 0.15) is 32.6 Å². The second kappa shape index (κ2) is 6.66. The molecule has 0 aromatic heterocycles. The third kappa shape index (κ3) is 3.89. The maximum atomic E-state index is 12.5. The van der Waals surface area contributed by atoms with Crippen molar-refractivity contribution < 1.29 is 17.9 Å². The van der Waals surface area contributed by atoms with Crippen molar-refractivity contribution in [1.29, 1.82) is 0 Å². The van der Waals surface area contributed by atoms with Crippen molar-refractivity contribution in [2.75, 3.05) is 14.2 Å². The summed E-state index contributed by atoms with van der Waals surface area (Å²) in [6.07, 6.45) is 3.90. The molecule has 0 bridgehead atoms. The zero-order valence-corrected chi connectivity index (χ0v) is 13.6. The van der Waals surface area contributed by atoms with Crippen molar-refractivity contribution in [2.45, 2.75) is 43.5 Å². The van der Waals surface area contributed by atoms with Gasteiger partial charge in [-0.3, -0.25) is 0 Å². The Bertz CT molecular complexity index is 577. The van der Waals surface area contributed by atoms with Crippen LogP contribution in [0.4, 0.5) is 0 Å². The molecule has 0 heterocycles. The molecule has 21 heavy (non-hydrogen) atoms. The Balaban J connectivity index is 2.19. The van der Waals surface area contributed by atoms with Crippen LogP contribution < -0.4 is 14.2 Å². The van der Waals surface area contributed by atoms with Gasteiger partial charge in [0, 0.05) is 12.1 Å². The molecule has 0 spiro atoms. The molecule has 1 aliphatic rings. The highest BCUT2D eigenvalue weighted by atomic mass is 32.2. The molecular formula is C15H23NO4S. The first-order valence-electron chi connectivity index (χ1n) is 7.20. The Morgan fingerprint density at radius 2 is 1.76 bits per heavy atom. The van der Waals surface area contributed by atoms with E-state index in [1.807, 2.05) is 0 Å². The summed E-state index contributed by atoms with van der Waals surface area (Å²) in [6, 6.07) is 4.74. The van der Waals surface area contributed by atoms with Crippen molar-refractivity contribution in [3.63, 3.8) is 0 Å². The number of methoxy groups -OCH3 is 2. The molecule has 0 atom stereocenters. The van der Waals surface area contributed by atoms with E-state index >= 15 is 0 Å². The Morgan fingerprint density at radius 1 is 1.10 bits per heavy atom. The highest BCUT2D eigenvalue weighted by molar-refractivity contribution is 7.89. The second-order valence-electron chi connectivity index (χ2n) is 5.59. The molecule has 1 saturated carbocycles. The largest absolute Gasteiger partial charge is 0.497 e. The van der Waals surface area contributed by atoms with Crippen LogP contribution in [0.3, 0.4) is 0 Å². The molecule has 5 nitrogen and oxygen atoms in total. The molecule has 1 aromatic rings. The summed E-state index contributed by atoms with van der Waals surface area (Å²) in [5, 5.41) is 0. The predicted molar refractivity (Wildman–Crippen MR) is 81.3 cm³/mol. The van der Waals surface area contributed by atoms with E-state index in [2.05, 4.69) is 11.6 Å². The highest BCUT2D eigenvalue weighted by Gasteiger charge is 2.26. The molecule has 1 aliphatic carbocycles. The standard InChI is InChI=1S/C15H23NO4S/c1-11-4-6-12(7-5-11)16-21(17,18)15-9-8-13(19-2)10-14(15)20-3/h8-12,16H,4-7H2,1-3H3. The zero-order valence-electron chi connectivity index (χ0n) is 12.8. The molecular weight excluding hydrogens is 290 g/mol. The summed E-state index contributed by atoms with van der Waals surface area (Å²) in [4.78, 5) is 0.157. The van der Waals surface area contributed by atoms with Crippen LogP contribution in [0.5, 0.6) is 11.5 Å². The Morgan fingerprint density at radius 3 is 2.33 bits per heavy atom. The average Bonchev–Trinajstić information content (AvgIpc) is 2.48. The third-order valence-corrected chi connectivity index (χ3v) is 5.56. The number of sulfonamides is 1. The van der Waals surface area contributed by atoms with Crippen molar-refractivity contribution >= 4 is 10.0 Å². The van der Waals surface area contributed by atoms with Crippen LogP contribution in [0.15, 0.2) is 23.1 Å². The topological polar surface area (TPSA) is 64.6 Å². The van der Waals surface area contributed by atoms with Gasteiger partial charge in [0.15, 0.2) is 0 Å². The average molecular weight is 313 g/mol. The second-order valence-corrected chi connectivity index (χ2v) is 7.28. The van der Waals surface area contributed by atoms with Gasteiger partial charge < -0.3 is 9.47 Å². The molecule has 0 amide bonds. The molecule has 0 radical (unpaired) electrons. The fourth-order valence-corrected chi connectivity index (χ4v) is 4.11. The van der Waals surface area contributed by atoms with Gasteiger partial charge >= 0.3 is 0 Å². The lowest BCUT2D eigenvalue weighted by Gasteiger charge is -2.27. The van der Waals surface area contributed by atoms with Crippen molar-refractivity contribution in [2.24, 2.45) is 5.92 Å². The molecule has 6 heteroatoms. The third-order valence-electron chi connectivity index (χ3n) is 4.00. The smallest absolute Gasteiger partial charge is 0.244 e. The number of nitrogens with one attached hydrogen (secondary N) is 1. The number of rotatable bonds is 5. The van der Waals surface area contributed by atoms with Gasteiger partial charge in [0.1, 0.15) is 16.4 Å². The van der Waals surface area contributed by atoms with Crippen LogP contribution >= 0.6 is 0 Å². The van der Waals surface area contributed by atoms with Crippen molar-refractivity contribution in [3.8, 4) is 11.5 Å². The summed E-state index contributed by atoms with van der Waals surface area (Å²) < 4.78 is 38.1. The van der Waals surface area contributed by atoms with E-state index in [1.54, 1.807) is 12.1 Å². The van der Waals surface area contributed by atoms with Gasteiger partial charge in [0.25, 0.3) is 0 Å². The Labute approximate surface area is 126 Å². The van der Waals surface area contributed by atoms with Crippen LogP contribution in [0, 0.1) is 5.92 Å². The number of benzene rings is 1. The van der Waals surface area contributed by atoms with E-state index in [0.717, 1.165) is 25.7 Å².